The highest BCUT2D eigenvalue weighted by Crippen LogP contribution is 2.42. The van der Waals surface area contributed by atoms with E-state index in [4.69, 9.17) is 9.47 Å². The molecule has 1 aromatic rings. The molecule has 0 bridgehead atoms. The van der Waals surface area contributed by atoms with Gasteiger partial charge in [-0.25, -0.2) is 0 Å². The summed E-state index contributed by atoms with van der Waals surface area (Å²) in [7, 11) is 0. The van der Waals surface area contributed by atoms with Gasteiger partial charge in [0, 0.05) is 40.1 Å². The average Bonchev–Trinajstić information content (AvgIpc) is 2.81. The number of benzene rings is 1. The van der Waals surface area contributed by atoms with Gasteiger partial charge in [-0.15, -0.1) is 0 Å². The van der Waals surface area contributed by atoms with Gasteiger partial charge in [0.2, 0.25) is 0 Å². The summed E-state index contributed by atoms with van der Waals surface area (Å²) >= 11 is 16.6. The molecule has 0 radical (unpaired) electrons. The Morgan fingerprint density at radius 3 is 1.53 bits per heavy atom. The summed E-state index contributed by atoms with van der Waals surface area (Å²) in [5.41, 5.74) is 2.59. The molecule has 0 saturated carbocycles. The van der Waals surface area contributed by atoms with Crippen LogP contribution in [0.2, 0.25) is 0 Å². The molecule has 1 rings (SSSR count). The van der Waals surface area contributed by atoms with Crippen LogP contribution < -0.4 is 9.47 Å². The quantitative estimate of drug-likeness (QED) is 0.113. The van der Waals surface area contributed by atoms with E-state index in [9.17, 15) is 0 Å². The Balaban J connectivity index is 2.76. The molecule has 0 aromatic heterocycles. The molecule has 8 heteroatoms. The zero-order valence-corrected chi connectivity index (χ0v) is 28.5. The molecule has 0 atom stereocenters. The van der Waals surface area contributed by atoms with Gasteiger partial charge in [0.1, 0.15) is 0 Å². The Bertz CT molecular complexity index is 701. The standard InChI is InChI=1S/C28H50O2S6/c1-27(2,3)23-21-24(28(4,5)6)26(30-10-8-14-34-18-20-36-16-12-32)25(22-23)29-9-7-13-33-17-19-35-15-11-31/h21-22,31-32H,7-20H2,1-6H3. The average molecular weight is 611 g/mol. The van der Waals surface area contributed by atoms with Crippen molar-refractivity contribution in [1.29, 1.82) is 0 Å². The van der Waals surface area contributed by atoms with Gasteiger partial charge in [-0.3, -0.25) is 0 Å². The van der Waals surface area contributed by atoms with Crippen LogP contribution >= 0.6 is 72.3 Å². The van der Waals surface area contributed by atoms with Gasteiger partial charge >= 0.3 is 0 Å². The molecular weight excluding hydrogens is 561 g/mol. The minimum Gasteiger partial charge on any atom is -0.490 e. The minimum absolute atomic E-state index is 0.0196. The summed E-state index contributed by atoms with van der Waals surface area (Å²) in [5.74, 6) is 13.2. The monoisotopic (exact) mass is 610 g/mol. The first kappa shape index (κ1) is 34.9. The van der Waals surface area contributed by atoms with E-state index in [2.05, 4.69) is 78.9 Å². The van der Waals surface area contributed by atoms with Crippen LogP contribution in [0.25, 0.3) is 0 Å². The van der Waals surface area contributed by atoms with E-state index >= 15 is 0 Å². The fourth-order valence-corrected chi connectivity index (χ4v) is 7.68. The third kappa shape index (κ3) is 15.5. The Morgan fingerprint density at radius 2 is 1.08 bits per heavy atom. The minimum atomic E-state index is -0.0196. The largest absolute Gasteiger partial charge is 0.490 e. The third-order valence-corrected chi connectivity index (χ3v) is 11.0. The first-order valence-electron chi connectivity index (χ1n) is 13.1. The molecule has 0 amide bonds. The van der Waals surface area contributed by atoms with Crippen molar-refractivity contribution in [1.82, 2.24) is 0 Å². The third-order valence-electron chi connectivity index (χ3n) is 5.31. The molecule has 0 aliphatic rings. The van der Waals surface area contributed by atoms with Gasteiger partial charge in [0.25, 0.3) is 0 Å². The molecule has 2 nitrogen and oxygen atoms in total. The second-order valence-electron chi connectivity index (χ2n) is 10.7. The number of hydrogen-bond donors (Lipinski definition) is 2. The van der Waals surface area contributed by atoms with Crippen molar-refractivity contribution >= 4 is 72.3 Å². The van der Waals surface area contributed by atoms with E-state index in [1.165, 1.54) is 34.1 Å². The van der Waals surface area contributed by atoms with Crippen molar-refractivity contribution in [3.05, 3.63) is 23.3 Å². The maximum Gasteiger partial charge on any atom is 0.164 e. The first-order valence-corrected chi connectivity index (χ1v) is 19.0. The van der Waals surface area contributed by atoms with E-state index in [1.807, 2.05) is 47.0 Å². The summed E-state index contributed by atoms with van der Waals surface area (Å²) < 4.78 is 12.9. The second kappa shape index (κ2) is 19.9. The molecule has 0 saturated heterocycles. The smallest absolute Gasteiger partial charge is 0.164 e. The van der Waals surface area contributed by atoms with E-state index in [-0.39, 0.29) is 10.8 Å². The lowest BCUT2D eigenvalue weighted by molar-refractivity contribution is 0.263. The Hall–Kier alpha value is 0.920. The van der Waals surface area contributed by atoms with E-state index in [0.717, 1.165) is 72.1 Å². The maximum atomic E-state index is 6.47. The van der Waals surface area contributed by atoms with Gasteiger partial charge in [-0.2, -0.15) is 72.3 Å². The normalized spacial score (nSPS) is 12.2. The Labute approximate surface area is 250 Å². The molecule has 0 fully saturated rings. The van der Waals surface area contributed by atoms with Gasteiger partial charge in [-0.05, 0) is 58.3 Å². The van der Waals surface area contributed by atoms with E-state index < -0.39 is 0 Å². The summed E-state index contributed by atoms with van der Waals surface area (Å²) in [6.45, 7) is 15.1. The van der Waals surface area contributed by atoms with Crippen molar-refractivity contribution in [2.75, 3.05) is 70.7 Å². The van der Waals surface area contributed by atoms with Gasteiger partial charge in [0.05, 0.1) is 13.2 Å². The molecule has 0 aliphatic carbocycles. The molecule has 1 aromatic carbocycles. The first-order chi connectivity index (χ1) is 17.1. The zero-order valence-electron chi connectivity index (χ0n) is 23.4. The van der Waals surface area contributed by atoms with Crippen LogP contribution in [0, 0.1) is 0 Å². The fourth-order valence-electron chi connectivity index (χ4n) is 3.30. The Morgan fingerprint density at radius 1 is 0.611 bits per heavy atom. The van der Waals surface area contributed by atoms with Gasteiger partial charge in [0.15, 0.2) is 11.5 Å². The van der Waals surface area contributed by atoms with Crippen LogP contribution in [0.5, 0.6) is 11.5 Å². The van der Waals surface area contributed by atoms with Gasteiger partial charge in [-0.1, -0.05) is 47.6 Å². The van der Waals surface area contributed by atoms with Crippen LogP contribution in [0.4, 0.5) is 0 Å². The number of hydrogen-bond acceptors (Lipinski definition) is 8. The summed E-state index contributed by atoms with van der Waals surface area (Å²) in [4.78, 5) is 0. The SMILES string of the molecule is CC(C)(C)c1cc(OCCCSCCSCCS)c(OCCCSCCSCCS)c(C(C)(C)C)c1. The van der Waals surface area contributed by atoms with E-state index in [1.54, 1.807) is 0 Å². The van der Waals surface area contributed by atoms with Crippen molar-refractivity contribution < 1.29 is 9.47 Å². The highest BCUT2D eigenvalue weighted by Gasteiger charge is 2.27. The van der Waals surface area contributed by atoms with Crippen molar-refractivity contribution in [2.24, 2.45) is 0 Å². The Kier molecular flexibility index (Phi) is 19.3. The lowest BCUT2D eigenvalue weighted by Crippen LogP contribution is -2.19. The summed E-state index contributed by atoms with van der Waals surface area (Å²) in [6.07, 6.45) is 2.10. The summed E-state index contributed by atoms with van der Waals surface area (Å²) in [6, 6.07) is 4.56. The van der Waals surface area contributed by atoms with Crippen LogP contribution in [0.15, 0.2) is 12.1 Å². The predicted molar refractivity (Wildman–Crippen MR) is 181 cm³/mol. The topological polar surface area (TPSA) is 18.5 Å². The van der Waals surface area contributed by atoms with Crippen LogP contribution in [-0.2, 0) is 10.8 Å². The van der Waals surface area contributed by atoms with E-state index in [0.29, 0.717) is 0 Å². The molecule has 0 aliphatic heterocycles. The molecule has 0 N–H and O–H groups in total. The van der Waals surface area contributed by atoms with Crippen molar-refractivity contribution in [2.45, 2.75) is 65.2 Å². The van der Waals surface area contributed by atoms with Crippen LogP contribution in [0.1, 0.15) is 65.5 Å². The van der Waals surface area contributed by atoms with Gasteiger partial charge < -0.3 is 9.47 Å². The van der Waals surface area contributed by atoms with Crippen molar-refractivity contribution in [3.8, 4) is 11.5 Å². The molecule has 0 unspecified atom stereocenters. The second-order valence-corrected chi connectivity index (χ2v) is 16.4. The molecule has 36 heavy (non-hydrogen) atoms. The molecular formula is C28H50O2S6. The lowest BCUT2D eigenvalue weighted by Gasteiger charge is -2.29. The lowest BCUT2D eigenvalue weighted by atomic mass is 9.80. The number of thioether (sulfide) groups is 4. The van der Waals surface area contributed by atoms with Crippen LogP contribution in [0.3, 0.4) is 0 Å². The van der Waals surface area contributed by atoms with Crippen LogP contribution in [-0.4, -0.2) is 70.7 Å². The fraction of sp³-hybridized carbons (Fsp3) is 0.786. The highest BCUT2D eigenvalue weighted by molar-refractivity contribution is 8.03. The number of ether oxygens (including phenoxy) is 2. The maximum absolute atomic E-state index is 6.47. The molecule has 0 heterocycles. The van der Waals surface area contributed by atoms with Crippen molar-refractivity contribution in [3.63, 3.8) is 0 Å². The zero-order chi connectivity index (χ0) is 26.9. The number of rotatable bonds is 20. The molecule has 0 spiro atoms. The highest BCUT2D eigenvalue weighted by atomic mass is 32.2. The predicted octanol–water partition coefficient (Wildman–Crippen LogP) is 8.61. The summed E-state index contributed by atoms with van der Waals surface area (Å²) in [5, 5.41) is 0. The number of thiol groups is 2. The molecule has 210 valence electrons.